The highest BCUT2D eigenvalue weighted by atomic mass is 79.9. The number of hydrogen-bond acceptors (Lipinski definition) is 3. The van der Waals surface area contributed by atoms with Gasteiger partial charge in [-0.25, -0.2) is 9.78 Å². The number of Topliss-reactive ketones (excluding diaryl/α,β-unsaturated/α-hetero) is 1. The molecule has 0 spiro atoms. The van der Waals surface area contributed by atoms with E-state index in [1.807, 2.05) is 54.6 Å². The molecule has 39 heavy (non-hydrogen) atoms. The topological polar surface area (TPSA) is 83.0 Å². The van der Waals surface area contributed by atoms with Crippen LogP contribution < -0.4 is 0 Å². The number of carboxylic acid groups (broad SMARTS) is 1. The zero-order valence-electron chi connectivity index (χ0n) is 21.2. The molecular formula is C32H26BrClN2O3. The van der Waals surface area contributed by atoms with Crippen LogP contribution in [0.25, 0.3) is 33.5 Å². The molecule has 196 valence electrons. The predicted molar refractivity (Wildman–Crippen MR) is 160 cm³/mol. The maximum absolute atomic E-state index is 13.4. The van der Waals surface area contributed by atoms with E-state index in [0.29, 0.717) is 39.5 Å². The van der Waals surface area contributed by atoms with Crippen molar-refractivity contribution < 1.29 is 14.7 Å². The second-order valence-electron chi connectivity index (χ2n) is 9.53. The van der Waals surface area contributed by atoms with E-state index in [1.54, 1.807) is 24.3 Å². The Hall–Kier alpha value is -3.74. The second kappa shape index (κ2) is 11.6. The minimum Gasteiger partial charge on any atom is -0.478 e. The van der Waals surface area contributed by atoms with Crippen molar-refractivity contribution in [1.82, 2.24) is 9.97 Å². The highest BCUT2D eigenvalue weighted by Crippen LogP contribution is 2.37. The minimum absolute atomic E-state index is 0.0370. The molecular weight excluding hydrogens is 576 g/mol. The van der Waals surface area contributed by atoms with Crippen LogP contribution in [0.4, 0.5) is 0 Å². The molecule has 4 aromatic carbocycles. The van der Waals surface area contributed by atoms with E-state index in [-0.39, 0.29) is 17.3 Å². The second-order valence-corrected chi connectivity index (χ2v) is 10.9. The molecule has 0 amide bonds. The summed E-state index contributed by atoms with van der Waals surface area (Å²) in [6, 6.07) is 25.9. The number of carbonyl (C=O) groups excluding carboxylic acids is 1. The Labute approximate surface area is 240 Å². The van der Waals surface area contributed by atoms with Crippen LogP contribution in [0.5, 0.6) is 0 Å². The first-order chi connectivity index (χ1) is 18.8. The number of nitrogens with zero attached hydrogens (tertiary/aromatic N) is 1. The number of hydrogen-bond donors (Lipinski definition) is 2. The Morgan fingerprint density at radius 2 is 1.72 bits per heavy atom. The van der Waals surface area contributed by atoms with E-state index in [2.05, 4.69) is 27.8 Å². The van der Waals surface area contributed by atoms with Gasteiger partial charge >= 0.3 is 5.97 Å². The fourth-order valence-electron chi connectivity index (χ4n) is 4.99. The van der Waals surface area contributed by atoms with Gasteiger partial charge in [0.05, 0.1) is 16.6 Å². The number of halogens is 2. The standard InChI is InChI=1S/C32H26BrClN2O3/c1-2-6-20(19-7-4-3-5-8-19)16-30(37)21-9-12-24(27(15-21)32(38)39)26-18-23(34)11-13-25(26)31-35-28-14-10-22(33)17-29(28)36-31/h3-5,7-15,17-18,20H,2,6,16H2,1H3,(H,35,36)(H,38,39)/t20-/m0/s1. The number of imidazole rings is 1. The van der Waals surface area contributed by atoms with Crippen molar-refractivity contribution in [1.29, 1.82) is 0 Å². The largest absolute Gasteiger partial charge is 0.478 e. The lowest BCUT2D eigenvalue weighted by Gasteiger charge is -2.17. The van der Waals surface area contributed by atoms with Gasteiger partial charge in [0.25, 0.3) is 0 Å². The first-order valence-electron chi connectivity index (χ1n) is 12.7. The van der Waals surface area contributed by atoms with E-state index in [0.717, 1.165) is 33.9 Å². The molecule has 2 N–H and O–H groups in total. The molecule has 5 aromatic rings. The van der Waals surface area contributed by atoms with Crippen LogP contribution in [0, 0.1) is 0 Å². The lowest BCUT2D eigenvalue weighted by molar-refractivity contribution is 0.0697. The summed E-state index contributed by atoms with van der Waals surface area (Å²) in [6.07, 6.45) is 2.13. The summed E-state index contributed by atoms with van der Waals surface area (Å²) in [5.74, 6) is -0.534. The zero-order valence-corrected chi connectivity index (χ0v) is 23.6. The molecule has 0 aliphatic heterocycles. The number of rotatable bonds is 9. The molecule has 7 heteroatoms. The molecule has 0 aliphatic rings. The average Bonchev–Trinajstić information content (AvgIpc) is 3.35. The summed E-state index contributed by atoms with van der Waals surface area (Å²) in [6.45, 7) is 2.10. The van der Waals surface area contributed by atoms with Crippen LogP contribution in [0.15, 0.2) is 89.4 Å². The van der Waals surface area contributed by atoms with Gasteiger partial charge in [-0.1, -0.05) is 83.3 Å². The zero-order chi connectivity index (χ0) is 27.5. The number of aromatic amines is 1. The first kappa shape index (κ1) is 26.9. The molecule has 1 atom stereocenters. The SMILES string of the molecule is CCC[C@@H](CC(=O)c1ccc(-c2cc(Cl)ccc2-c2nc3ccc(Br)cc3[nH]2)c(C(=O)O)c1)c1ccccc1. The van der Waals surface area contributed by atoms with E-state index in [9.17, 15) is 14.7 Å². The van der Waals surface area contributed by atoms with Crippen LogP contribution >= 0.6 is 27.5 Å². The van der Waals surface area contributed by atoms with Crippen LogP contribution in [0.1, 0.15) is 58.4 Å². The summed E-state index contributed by atoms with van der Waals surface area (Å²) in [5, 5.41) is 10.6. The third-order valence-corrected chi connectivity index (χ3v) is 7.61. The van der Waals surface area contributed by atoms with Gasteiger partial charge in [-0.05, 0) is 71.5 Å². The highest BCUT2D eigenvalue weighted by Gasteiger charge is 2.22. The van der Waals surface area contributed by atoms with Gasteiger partial charge in [0.15, 0.2) is 5.78 Å². The molecule has 0 aliphatic carbocycles. The molecule has 0 fully saturated rings. The lowest BCUT2D eigenvalue weighted by Crippen LogP contribution is -2.10. The average molecular weight is 602 g/mol. The molecule has 1 heterocycles. The number of nitrogens with one attached hydrogen (secondary N) is 1. The number of ketones is 1. The fourth-order valence-corrected chi connectivity index (χ4v) is 5.52. The van der Waals surface area contributed by atoms with Crippen molar-refractivity contribution in [3.05, 3.63) is 111 Å². The molecule has 1 aromatic heterocycles. The maximum atomic E-state index is 13.4. The third kappa shape index (κ3) is 5.82. The molecule has 0 radical (unpaired) electrons. The number of carbonyl (C=O) groups is 2. The van der Waals surface area contributed by atoms with Crippen molar-refractivity contribution in [3.8, 4) is 22.5 Å². The monoisotopic (exact) mass is 600 g/mol. The molecule has 0 bridgehead atoms. The van der Waals surface area contributed by atoms with Crippen molar-refractivity contribution in [2.75, 3.05) is 0 Å². The van der Waals surface area contributed by atoms with Gasteiger partial charge in [-0.2, -0.15) is 0 Å². The van der Waals surface area contributed by atoms with Crippen LogP contribution in [-0.4, -0.2) is 26.8 Å². The van der Waals surface area contributed by atoms with Gasteiger partial charge in [0, 0.05) is 27.0 Å². The summed E-state index contributed by atoms with van der Waals surface area (Å²) in [7, 11) is 0. The number of carboxylic acids is 1. The Kier molecular flexibility index (Phi) is 7.96. The third-order valence-electron chi connectivity index (χ3n) is 6.88. The van der Waals surface area contributed by atoms with E-state index in [4.69, 9.17) is 16.6 Å². The van der Waals surface area contributed by atoms with Gasteiger partial charge in [-0.15, -0.1) is 0 Å². The molecule has 0 saturated carbocycles. The Morgan fingerprint density at radius 1 is 0.949 bits per heavy atom. The predicted octanol–water partition coefficient (Wildman–Crippen LogP) is 9.17. The number of aromatic nitrogens is 2. The van der Waals surface area contributed by atoms with Gasteiger partial charge in [0.1, 0.15) is 5.82 Å². The van der Waals surface area contributed by atoms with E-state index < -0.39 is 5.97 Å². The van der Waals surface area contributed by atoms with Crippen LogP contribution in [0.3, 0.4) is 0 Å². The Morgan fingerprint density at radius 3 is 2.46 bits per heavy atom. The Bertz CT molecular complexity index is 1680. The highest BCUT2D eigenvalue weighted by molar-refractivity contribution is 9.10. The smallest absolute Gasteiger partial charge is 0.336 e. The molecule has 0 unspecified atom stereocenters. The van der Waals surface area contributed by atoms with E-state index in [1.165, 1.54) is 6.07 Å². The van der Waals surface area contributed by atoms with Crippen molar-refractivity contribution >= 4 is 50.3 Å². The van der Waals surface area contributed by atoms with Crippen molar-refractivity contribution in [3.63, 3.8) is 0 Å². The molecule has 0 saturated heterocycles. The van der Waals surface area contributed by atoms with Crippen molar-refractivity contribution in [2.24, 2.45) is 0 Å². The quantitative estimate of drug-likeness (QED) is 0.165. The van der Waals surface area contributed by atoms with Crippen molar-refractivity contribution in [2.45, 2.75) is 32.1 Å². The van der Waals surface area contributed by atoms with Crippen LogP contribution in [0.2, 0.25) is 5.02 Å². The number of fused-ring (bicyclic) bond motifs is 1. The lowest BCUT2D eigenvalue weighted by atomic mass is 9.87. The number of aromatic carboxylic acids is 1. The summed E-state index contributed by atoms with van der Waals surface area (Å²) in [4.78, 5) is 33.9. The van der Waals surface area contributed by atoms with Gasteiger partial charge < -0.3 is 10.1 Å². The first-order valence-corrected chi connectivity index (χ1v) is 13.9. The van der Waals surface area contributed by atoms with Crippen LogP contribution in [-0.2, 0) is 0 Å². The summed E-state index contributed by atoms with van der Waals surface area (Å²) in [5.41, 5.74) is 4.95. The number of H-pyrrole nitrogens is 1. The minimum atomic E-state index is -1.12. The fraction of sp³-hybridized carbons (Fsp3) is 0.156. The van der Waals surface area contributed by atoms with Gasteiger partial charge in [-0.3, -0.25) is 4.79 Å². The van der Waals surface area contributed by atoms with Gasteiger partial charge in [0.2, 0.25) is 0 Å². The summed E-state index contributed by atoms with van der Waals surface area (Å²) < 4.78 is 0.920. The maximum Gasteiger partial charge on any atom is 0.336 e. The van der Waals surface area contributed by atoms with E-state index >= 15 is 0 Å². The Balaban J connectivity index is 1.54. The molecule has 5 nitrogen and oxygen atoms in total. The normalized spacial score (nSPS) is 12.0. The summed E-state index contributed by atoms with van der Waals surface area (Å²) >= 11 is 9.86. The molecule has 5 rings (SSSR count). The number of benzene rings is 4.